The molecule has 6 nitrogen and oxygen atoms in total. The van der Waals surface area contributed by atoms with Gasteiger partial charge < -0.3 is 14.8 Å². The Kier molecular flexibility index (Phi) is 4.90. The number of rotatable bonds is 5. The van der Waals surface area contributed by atoms with Crippen LogP contribution in [-0.2, 0) is 10.0 Å². The fraction of sp³-hybridized carbons (Fsp3) is 0.500. The molecule has 1 aromatic carbocycles. The van der Waals surface area contributed by atoms with Crippen LogP contribution in [0, 0.1) is 0 Å². The van der Waals surface area contributed by atoms with Crippen molar-refractivity contribution in [1.29, 1.82) is 0 Å². The van der Waals surface area contributed by atoms with E-state index in [2.05, 4.69) is 26.0 Å². The SMILES string of the molecule is COc1cc(S(=O)(=O)NC2CCNC2)c(OC)cc1Br. The van der Waals surface area contributed by atoms with E-state index in [9.17, 15) is 8.42 Å². The van der Waals surface area contributed by atoms with Crippen LogP contribution in [0.25, 0.3) is 0 Å². The molecule has 0 aromatic heterocycles. The van der Waals surface area contributed by atoms with E-state index < -0.39 is 10.0 Å². The highest BCUT2D eigenvalue weighted by Gasteiger charge is 2.26. The Morgan fingerprint density at radius 1 is 1.30 bits per heavy atom. The van der Waals surface area contributed by atoms with Crippen LogP contribution in [0.15, 0.2) is 21.5 Å². The zero-order valence-electron chi connectivity index (χ0n) is 11.3. The second kappa shape index (κ2) is 6.30. The van der Waals surface area contributed by atoms with Gasteiger partial charge in [0.05, 0.1) is 18.7 Å². The molecule has 1 heterocycles. The largest absolute Gasteiger partial charge is 0.496 e. The summed E-state index contributed by atoms with van der Waals surface area (Å²) in [5.74, 6) is 0.715. The summed E-state index contributed by atoms with van der Waals surface area (Å²) >= 11 is 3.31. The molecule has 0 bridgehead atoms. The summed E-state index contributed by atoms with van der Waals surface area (Å²) in [7, 11) is -0.733. The van der Waals surface area contributed by atoms with Crippen molar-refractivity contribution in [3.8, 4) is 11.5 Å². The number of sulfonamides is 1. The summed E-state index contributed by atoms with van der Waals surface area (Å²) in [5.41, 5.74) is 0. The molecule has 0 spiro atoms. The van der Waals surface area contributed by atoms with Crippen molar-refractivity contribution in [2.24, 2.45) is 0 Å². The number of hydrogen-bond acceptors (Lipinski definition) is 5. The monoisotopic (exact) mass is 364 g/mol. The van der Waals surface area contributed by atoms with Crippen LogP contribution in [-0.4, -0.2) is 41.8 Å². The summed E-state index contributed by atoms with van der Waals surface area (Å²) in [6.07, 6.45) is 0.773. The minimum absolute atomic E-state index is 0.0759. The quantitative estimate of drug-likeness (QED) is 0.818. The predicted octanol–water partition coefficient (Wildman–Crippen LogP) is 1.11. The molecule has 1 aliphatic heterocycles. The minimum Gasteiger partial charge on any atom is -0.496 e. The van der Waals surface area contributed by atoms with Crippen molar-refractivity contribution in [2.45, 2.75) is 17.4 Å². The molecule has 2 N–H and O–H groups in total. The number of methoxy groups -OCH3 is 2. The third kappa shape index (κ3) is 3.25. The van der Waals surface area contributed by atoms with Gasteiger partial charge in [-0.1, -0.05) is 0 Å². The van der Waals surface area contributed by atoms with Gasteiger partial charge in [0.2, 0.25) is 10.0 Å². The molecule has 0 amide bonds. The average Bonchev–Trinajstić information content (AvgIpc) is 2.90. The van der Waals surface area contributed by atoms with Gasteiger partial charge in [-0.25, -0.2) is 13.1 Å². The van der Waals surface area contributed by atoms with Gasteiger partial charge in [-0.05, 0) is 35.0 Å². The fourth-order valence-corrected chi connectivity index (χ4v) is 4.00. The molecule has 0 radical (unpaired) electrons. The van der Waals surface area contributed by atoms with Crippen LogP contribution in [0.5, 0.6) is 11.5 Å². The number of halogens is 1. The molecule has 1 atom stereocenters. The third-order valence-electron chi connectivity index (χ3n) is 3.11. The first-order chi connectivity index (χ1) is 9.47. The summed E-state index contributed by atoms with van der Waals surface area (Å²) in [5, 5.41) is 3.12. The highest BCUT2D eigenvalue weighted by atomic mass is 79.9. The van der Waals surface area contributed by atoms with E-state index in [1.807, 2.05) is 0 Å². The van der Waals surface area contributed by atoms with Gasteiger partial charge in [0, 0.05) is 18.7 Å². The predicted molar refractivity (Wildman–Crippen MR) is 78.8 cm³/mol. The lowest BCUT2D eigenvalue weighted by Gasteiger charge is -2.16. The Labute approximate surface area is 127 Å². The molecule has 20 heavy (non-hydrogen) atoms. The lowest BCUT2D eigenvalue weighted by molar-refractivity contribution is 0.390. The molecule has 1 saturated heterocycles. The van der Waals surface area contributed by atoms with Crippen molar-refractivity contribution in [3.63, 3.8) is 0 Å². The van der Waals surface area contributed by atoms with Crippen LogP contribution >= 0.6 is 15.9 Å². The molecule has 0 saturated carbocycles. The van der Waals surface area contributed by atoms with Gasteiger partial charge in [-0.3, -0.25) is 0 Å². The Morgan fingerprint density at radius 2 is 2.00 bits per heavy atom. The molecule has 1 fully saturated rings. The van der Waals surface area contributed by atoms with Gasteiger partial charge in [0.25, 0.3) is 0 Å². The molecule has 2 rings (SSSR count). The topological polar surface area (TPSA) is 76.7 Å². The van der Waals surface area contributed by atoms with Crippen molar-refractivity contribution < 1.29 is 17.9 Å². The second-order valence-electron chi connectivity index (χ2n) is 4.45. The van der Waals surface area contributed by atoms with Gasteiger partial charge in [-0.2, -0.15) is 0 Å². The molecule has 0 aliphatic carbocycles. The van der Waals surface area contributed by atoms with E-state index in [1.54, 1.807) is 6.07 Å². The van der Waals surface area contributed by atoms with Gasteiger partial charge in [0.1, 0.15) is 16.4 Å². The Morgan fingerprint density at radius 3 is 2.55 bits per heavy atom. The van der Waals surface area contributed by atoms with Gasteiger partial charge in [0.15, 0.2) is 0 Å². The molecular weight excluding hydrogens is 348 g/mol. The average molecular weight is 365 g/mol. The number of nitrogens with one attached hydrogen (secondary N) is 2. The zero-order valence-corrected chi connectivity index (χ0v) is 13.7. The Bertz CT molecular complexity index is 585. The maximum absolute atomic E-state index is 12.5. The van der Waals surface area contributed by atoms with Gasteiger partial charge >= 0.3 is 0 Å². The van der Waals surface area contributed by atoms with Crippen LogP contribution in [0.1, 0.15) is 6.42 Å². The molecule has 1 unspecified atom stereocenters. The van der Waals surface area contributed by atoms with Gasteiger partial charge in [-0.15, -0.1) is 0 Å². The highest BCUT2D eigenvalue weighted by molar-refractivity contribution is 9.10. The standard InChI is InChI=1S/C12H17BrN2O4S/c1-18-10-6-12(11(19-2)5-9(10)13)20(16,17)15-8-3-4-14-7-8/h5-6,8,14-15H,3-4,7H2,1-2H3. The van der Waals surface area contributed by atoms with E-state index in [0.717, 1.165) is 13.0 Å². The van der Waals surface area contributed by atoms with E-state index in [-0.39, 0.29) is 16.7 Å². The van der Waals surface area contributed by atoms with Crippen LogP contribution in [0.2, 0.25) is 0 Å². The number of hydrogen-bond donors (Lipinski definition) is 2. The van der Waals surface area contributed by atoms with E-state index in [0.29, 0.717) is 16.8 Å². The van der Waals surface area contributed by atoms with Crippen molar-refractivity contribution in [3.05, 3.63) is 16.6 Å². The molecule has 112 valence electrons. The summed E-state index contributed by atoms with van der Waals surface area (Å²) in [6, 6.07) is 2.94. The van der Waals surface area contributed by atoms with Crippen LogP contribution < -0.4 is 19.5 Å². The van der Waals surface area contributed by atoms with Crippen molar-refractivity contribution >= 4 is 26.0 Å². The summed E-state index contributed by atoms with van der Waals surface area (Å²) in [6.45, 7) is 1.45. The first kappa shape index (κ1) is 15.6. The van der Waals surface area contributed by atoms with E-state index >= 15 is 0 Å². The third-order valence-corrected chi connectivity index (χ3v) is 5.27. The lowest BCUT2D eigenvalue weighted by atomic mass is 10.3. The van der Waals surface area contributed by atoms with Crippen molar-refractivity contribution in [1.82, 2.24) is 10.0 Å². The molecule has 1 aliphatic rings. The van der Waals surface area contributed by atoms with Crippen molar-refractivity contribution in [2.75, 3.05) is 27.3 Å². The Hall–Kier alpha value is -0.830. The number of benzene rings is 1. The highest BCUT2D eigenvalue weighted by Crippen LogP contribution is 2.35. The molecule has 1 aromatic rings. The lowest BCUT2D eigenvalue weighted by Crippen LogP contribution is -2.36. The second-order valence-corrected chi connectivity index (χ2v) is 6.99. The van der Waals surface area contributed by atoms with Crippen LogP contribution in [0.4, 0.5) is 0 Å². The summed E-state index contributed by atoms with van der Waals surface area (Å²) < 4.78 is 38.5. The minimum atomic E-state index is -3.65. The molecule has 8 heteroatoms. The van der Waals surface area contributed by atoms with E-state index in [4.69, 9.17) is 9.47 Å². The normalized spacial score (nSPS) is 19.1. The first-order valence-corrected chi connectivity index (χ1v) is 8.40. The maximum Gasteiger partial charge on any atom is 0.244 e. The molecular formula is C12H17BrN2O4S. The van der Waals surface area contributed by atoms with Crippen LogP contribution in [0.3, 0.4) is 0 Å². The number of ether oxygens (including phenoxy) is 2. The Balaban J connectivity index is 2.38. The van der Waals surface area contributed by atoms with E-state index in [1.165, 1.54) is 20.3 Å². The first-order valence-electron chi connectivity index (χ1n) is 6.12. The maximum atomic E-state index is 12.5. The smallest absolute Gasteiger partial charge is 0.244 e. The summed E-state index contributed by atoms with van der Waals surface area (Å²) in [4.78, 5) is 0.0759. The zero-order chi connectivity index (χ0) is 14.8. The fourth-order valence-electron chi connectivity index (χ4n) is 2.08.